The lowest BCUT2D eigenvalue weighted by Crippen LogP contribution is -2.25. The Balaban J connectivity index is 3.17. The second-order valence-electron chi connectivity index (χ2n) is 4.14. The van der Waals surface area contributed by atoms with E-state index in [0.717, 1.165) is 7.48 Å². The Kier molecular flexibility index (Phi) is 4.55. The van der Waals surface area contributed by atoms with Gasteiger partial charge in [0.05, 0.1) is 11.1 Å². The van der Waals surface area contributed by atoms with Gasteiger partial charge in [0.25, 0.3) is 0 Å². The van der Waals surface area contributed by atoms with Gasteiger partial charge in [-0.15, -0.1) is 0 Å². The molecule has 0 unspecified atom stereocenters. The van der Waals surface area contributed by atoms with Crippen LogP contribution in [0.15, 0.2) is 18.2 Å². The number of alkyl halides is 6. The van der Waals surface area contributed by atoms with Gasteiger partial charge < -0.3 is 4.65 Å². The van der Waals surface area contributed by atoms with Crippen molar-refractivity contribution in [2.75, 3.05) is 0 Å². The van der Waals surface area contributed by atoms with Gasteiger partial charge in [0.1, 0.15) is 0 Å². The molecule has 0 fully saturated rings. The molecule has 0 saturated heterocycles. The van der Waals surface area contributed by atoms with Gasteiger partial charge in [-0.05, 0) is 19.9 Å². The zero-order valence-electron chi connectivity index (χ0n) is 10.1. The molecule has 0 aromatic heterocycles. The summed E-state index contributed by atoms with van der Waals surface area (Å²) in [5, 5.41) is 0. The number of benzene rings is 1. The van der Waals surface area contributed by atoms with Gasteiger partial charge in [0.2, 0.25) is 0 Å². The van der Waals surface area contributed by atoms with Crippen molar-refractivity contribution < 1.29 is 31.0 Å². The van der Waals surface area contributed by atoms with E-state index in [1.54, 1.807) is 13.8 Å². The Hall–Kier alpha value is -1.18. The average Bonchev–Trinajstić information content (AvgIpc) is 2.23. The fraction of sp³-hybridized carbons (Fsp3) is 0.455. The van der Waals surface area contributed by atoms with Crippen molar-refractivity contribution >= 4 is 12.9 Å². The summed E-state index contributed by atoms with van der Waals surface area (Å²) in [6.07, 6.45) is -10.0. The SMILES string of the molecule is CC(C)O[B]c1cc(C(F)(F)F)cc(C(F)(F)F)c1. The molecule has 0 N–H and O–H groups in total. The molecule has 0 aliphatic carbocycles. The maximum Gasteiger partial charge on any atom is 0.416 e. The van der Waals surface area contributed by atoms with Crippen LogP contribution in [0.25, 0.3) is 0 Å². The van der Waals surface area contributed by atoms with E-state index in [-0.39, 0.29) is 17.6 Å². The first kappa shape index (κ1) is 15.9. The summed E-state index contributed by atoms with van der Waals surface area (Å²) in [7, 11) is 0.884. The van der Waals surface area contributed by atoms with E-state index in [4.69, 9.17) is 4.65 Å². The predicted molar refractivity (Wildman–Crippen MR) is 58.1 cm³/mol. The molecule has 0 spiro atoms. The monoisotopic (exact) mass is 283 g/mol. The molecule has 0 aliphatic rings. The van der Waals surface area contributed by atoms with Crippen LogP contribution in [0.5, 0.6) is 0 Å². The van der Waals surface area contributed by atoms with Crippen LogP contribution in [-0.2, 0) is 17.0 Å². The van der Waals surface area contributed by atoms with Crippen molar-refractivity contribution in [1.29, 1.82) is 0 Å². The quantitative estimate of drug-likeness (QED) is 0.610. The highest BCUT2D eigenvalue weighted by Crippen LogP contribution is 2.34. The molecule has 0 heterocycles. The van der Waals surface area contributed by atoms with Gasteiger partial charge in [-0.25, -0.2) is 0 Å². The average molecular weight is 283 g/mol. The largest absolute Gasteiger partial charge is 0.432 e. The highest BCUT2D eigenvalue weighted by molar-refractivity contribution is 6.47. The molecule has 0 amide bonds. The molecule has 1 nitrogen and oxygen atoms in total. The summed E-state index contributed by atoms with van der Waals surface area (Å²) in [5.74, 6) is 0. The van der Waals surface area contributed by atoms with Gasteiger partial charge in [-0.2, -0.15) is 26.3 Å². The fourth-order valence-corrected chi connectivity index (χ4v) is 1.26. The topological polar surface area (TPSA) is 9.23 Å². The summed E-state index contributed by atoms with van der Waals surface area (Å²) in [6.45, 7) is 3.21. The third-order valence-corrected chi connectivity index (χ3v) is 2.09. The van der Waals surface area contributed by atoms with E-state index in [1.807, 2.05) is 0 Å². The van der Waals surface area contributed by atoms with Crippen molar-refractivity contribution in [2.45, 2.75) is 32.3 Å². The first-order chi connectivity index (χ1) is 8.50. The fourth-order valence-electron chi connectivity index (χ4n) is 1.26. The maximum atomic E-state index is 12.5. The van der Waals surface area contributed by atoms with Crippen molar-refractivity contribution in [1.82, 2.24) is 0 Å². The van der Waals surface area contributed by atoms with E-state index in [2.05, 4.69) is 0 Å². The molecule has 1 aromatic rings. The van der Waals surface area contributed by atoms with Crippen molar-refractivity contribution in [3.05, 3.63) is 29.3 Å². The normalized spacial score (nSPS) is 12.9. The molecule has 105 valence electrons. The molecule has 19 heavy (non-hydrogen) atoms. The Bertz CT molecular complexity index is 406. The minimum atomic E-state index is -4.85. The van der Waals surface area contributed by atoms with Crippen LogP contribution >= 0.6 is 0 Å². The van der Waals surface area contributed by atoms with E-state index in [9.17, 15) is 26.3 Å². The zero-order valence-corrected chi connectivity index (χ0v) is 10.1. The van der Waals surface area contributed by atoms with Crippen LogP contribution < -0.4 is 5.46 Å². The standard InChI is InChI=1S/C11H10BF6O/c1-6(2)19-12-9-4-7(10(13,14)15)3-8(5-9)11(16,17)18/h3-6H,1-2H3. The van der Waals surface area contributed by atoms with Gasteiger partial charge in [-0.3, -0.25) is 0 Å². The summed E-state index contributed by atoms with van der Waals surface area (Å²) >= 11 is 0. The third-order valence-electron chi connectivity index (χ3n) is 2.09. The van der Waals surface area contributed by atoms with E-state index >= 15 is 0 Å². The molecule has 0 atom stereocenters. The van der Waals surface area contributed by atoms with E-state index in [0.29, 0.717) is 12.1 Å². The van der Waals surface area contributed by atoms with Gasteiger partial charge in [-0.1, -0.05) is 17.6 Å². The van der Waals surface area contributed by atoms with E-state index in [1.165, 1.54) is 0 Å². The molecule has 1 radical (unpaired) electrons. The summed E-state index contributed by atoms with van der Waals surface area (Å²) in [6, 6.07) is 1.29. The highest BCUT2D eigenvalue weighted by atomic mass is 19.4. The first-order valence-electron chi connectivity index (χ1n) is 5.28. The molecule has 0 aliphatic heterocycles. The van der Waals surface area contributed by atoms with Crippen molar-refractivity contribution in [2.24, 2.45) is 0 Å². The van der Waals surface area contributed by atoms with Gasteiger partial charge in [0, 0.05) is 6.10 Å². The smallest absolute Gasteiger partial charge is 0.416 e. The Labute approximate surface area is 106 Å². The van der Waals surface area contributed by atoms with E-state index < -0.39 is 23.5 Å². The summed E-state index contributed by atoms with van der Waals surface area (Å²) in [4.78, 5) is 0. The highest BCUT2D eigenvalue weighted by Gasteiger charge is 2.36. The Morgan fingerprint density at radius 2 is 1.32 bits per heavy atom. The lowest BCUT2D eigenvalue weighted by atomic mass is 9.85. The minimum Gasteiger partial charge on any atom is -0.432 e. The molecule has 1 aromatic carbocycles. The molecule has 1 rings (SSSR count). The van der Waals surface area contributed by atoms with Crippen LogP contribution in [0.1, 0.15) is 25.0 Å². The second kappa shape index (κ2) is 5.44. The number of hydrogen-bond donors (Lipinski definition) is 0. The van der Waals surface area contributed by atoms with Gasteiger partial charge in [0.15, 0.2) is 0 Å². The van der Waals surface area contributed by atoms with Crippen LogP contribution in [-0.4, -0.2) is 13.6 Å². The van der Waals surface area contributed by atoms with Crippen molar-refractivity contribution in [3.8, 4) is 0 Å². The minimum absolute atomic E-state index is 0.0761. The Morgan fingerprint density at radius 3 is 1.63 bits per heavy atom. The predicted octanol–water partition coefficient (Wildman–Crippen LogP) is 3.39. The second-order valence-corrected chi connectivity index (χ2v) is 4.14. The summed E-state index contributed by atoms with van der Waals surface area (Å²) in [5.41, 5.74) is -3.00. The molecular weight excluding hydrogens is 273 g/mol. The molecular formula is C11H10BF6O. The van der Waals surface area contributed by atoms with Gasteiger partial charge >= 0.3 is 19.8 Å². The van der Waals surface area contributed by atoms with Crippen molar-refractivity contribution in [3.63, 3.8) is 0 Å². The number of hydrogen-bond acceptors (Lipinski definition) is 1. The van der Waals surface area contributed by atoms with Crippen LogP contribution in [0.4, 0.5) is 26.3 Å². The molecule has 0 saturated carbocycles. The number of rotatable bonds is 3. The van der Waals surface area contributed by atoms with Crippen LogP contribution in [0, 0.1) is 0 Å². The van der Waals surface area contributed by atoms with Crippen LogP contribution in [0.3, 0.4) is 0 Å². The lowest BCUT2D eigenvalue weighted by Gasteiger charge is -2.14. The molecule has 0 bridgehead atoms. The third kappa shape index (κ3) is 4.78. The molecule has 8 heteroatoms. The zero-order chi connectivity index (χ0) is 14.8. The Morgan fingerprint density at radius 1 is 0.895 bits per heavy atom. The summed E-state index contributed by atoms with van der Waals surface area (Å²) < 4.78 is 80.0. The lowest BCUT2D eigenvalue weighted by molar-refractivity contribution is -0.142. The maximum absolute atomic E-state index is 12.5. The first-order valence-corrected chi connectivity index (χ1v) is 5.28. The van der Waals surface area contributed by atoms with Crippen LogP contribution in [0.2, 0.25) is 0 Å². The number of halogens is 6.